The second-order valence-corrected chi connectivity index (χ2v) is 6.90. The molecule has 0 fully saturated rings. The third-order valence-electron chi connectivity index (χ3n) is 1.40. The molecule has 0 aliphatic rings. The molecule has 4 heteroatoms. The van der Waals surface area contributed by atoms with E-state index in [1.165, 1.54) is 0 Å². The molecule has 0 spiro atoms. The van der Waals surface area contributed by atoms with Crippen LogP contribution in [0.5, 0.6) is 0 Å². The molecule has 2 nitrogen and oxygen atoms in total. The standard InChI is InChI=1S/C9H13NOP.Y/c1-8-5-4-6-9(10-8)7-12(2,3)11;/h5-6H,7H2,1-3H3;/q-1;. The van der Waals surface area contributed by atoms with Crippen LogP contribution in [0.25, 0.3) is 0 Å². The zero-order valence-electron chi connectivity index (χ0n) is 8.24. The average molecular weight is 271 g/mol. The number of nitrogens with zero attached hydrogens (tertiary/aromatic N) is 1. The van der Waals surface area contributed by atoms with Gasteiger partial charge in [0.25, 0.3) is 0 Å². The van der Waals surface area contributed by atoms with Crippen molar-refractivity contribution < 1.29 is 37.3 Å². The molecular formula is C9H13NOPY-. The topological polar surface area (TPSA) is 30.0 Å². The van der Waals surface area contributed by atoms with Crippen LogP contribution in [0.2, 0.25) is 0 Å². The number of hydrogen-bond donors (Lipinski definition) is 0. The van der Waals surface area contributed by atoms with Crippen molar-refractivity contribution in [3.05, 3.63) is 29.6 Å². The Hall–Kier alpha value is 0.484. The summed E-state index contributed by atoms with van der Waals surface area (Å²) in [5.74, 6) is 0. The summed E-state index contributed by atoms with van der Waals surface area (Å²) in [5.41, 5.74) is 1.81. The molecule has 0 amide bonds. The predicted octanol–water partition coefficient (Wildman–Crippen LogP) is 2.31. The van der Waals surface area contributed by atoms with E-state index in [9.17, 15) is 4.57 Å². The van der Waals surface area contributed by atoms with Crippen molar-refractivity contribution in [3.8, 4) is 0 Å². The van der Waals surface area contributed by atoms with Gasteiger partial charge in [0.15, 0.2) is 0 Å². The van der Waals surface area contributed by atoms with Gasteiger partial charge in [-0.2, -0.15) is 18.2 Å². The fourth-order valence-corrected chi connectivity index (χ4v) is 1.96. The normalized spacial score (nSPS) is 10.7. The number of aromatic nitrogens is 1. The van der Waals surface area contributed by atoms with E-state index in [1.54, 1.807) is 19.4 Å². The van der Waals surface area contributed by atoms with Crippen LogP contribution in [0.15, 0.2) is 12.1 Å². The van der Waals surface area contributed by atoms with Gasteiger partial charge in [-0.25, -0.2) is 0 Å². The van der Waals surface area contributed by atoms with Crippen LogP contribution < -0.4 is 0 Å². The van der Waals surface area contributed by atoms with E-state index in [1.807, 2.05) is 13.0 Å². The summed E-state index contributed by atoms with van der Waals surface area (Å²) in [6, 6.07) is 6.59. The van der Waals surface area contributed by atoms with Gasteiger partial charge in [0.05, 0.1) is 7.14 Å². The van der Waals surface area contributed by atoms with Gasteiger partial charge in [-0.3, -0.25) is 0 Å². The fourth-order valence-electron chi connectivity index (χ4n) is 1.02. The van der Waals surface area contributed by atoms with Crippen molar-refractivity contribution in [3.63, 3.8) is 0 Å². The molecule has 0 saturated heterocycles. The molecule has 1 rings (SSSR count). The van der Waals surface area contributed by atoms with Crippen LogP contribution in [0.3, 0.4) is 0 Å². The summed E-state index contributed by atoms with van der Waals surface area (Å²) in [6.45, 7) is 5.46. The summed E-state index contributed by atoms with van der Waals surface area (Å²) < 4.78 is 11.4. The van der Waals surface area contributed by atoms with Crippen molar-refractivity contribution in [2.45, 2.75) is 13.1 Å². The Morgan fingerprint density at radius 2 is 2.08 bits per heavy atom. The van der Waals surface area contributed by atoms with E-state index in [0.29, 0.717) is 6.16 Å². The van der Waals surface area contributed by atoms with Crippen LogP contribution in [-0.4, -0.2) is 18.3 Å². The SMILES string of the molecule is Cc1c[c-]cc(CP(C)(C)=O)n1.[Y]. The molecule has 1 radical (unpaired) electrons. The average Bonchev–Trinajstić information content (AvgIpc) is 1.82. The zero-order valence-corrected chi connectivity index (χ0v) is 12.0. The van der Waals surface area contributed by atoms with Crippen molar-refractivity contribution in [2.75, 3.05) is 13.3 Å². The van der Waals surface area contributed by atoms with Crippen LogP contribution >= 0.6 is 7.14 Å². The quantitative estimate of drug-likeness (QED) is 0.610. The van der Waals surface area contributed by atoms with E-state index in [-0.39, 0.29) is 32.7 Å². The van der Waals surface area contributed by atoms with Crippen molar-refractivity contribution >= 4 is 7.14 Å². The second kappa shape index (κ2) is 5.39. The molecule has 0 N–H and O–H groups in total. The largest absolute Gasteiger partial charge is 0.384 e. The first kappa shape index (κ1) is 13.5. The van der Waals surface area contributed by atoms with E-state index in [4.69, 9.17) is 0 Å². The third-order valence-corrected chi connectivity index (χ3v) is 2.49. The Bertz CT molecular complexity index is 321. The second-order valence-electron chi connectivity index (χ2n) is 3.43. The molecule has 0 bridgehead atoms. The summed E-state index contributed by atoms with van der Waals surface area (Å²) in [5, 5.41) is 0. The molecule has 1 aromatic heterocycles. The van der Waals surface area contributed by atoms with Gasteiger partial charge in [-0.1, -0.05) is 18.3 Å². The van der Waals surface area contributed by atoms with Crippen LogP contribution in [-0.2, 0) is 43.4 Å². The Labute approximate surface area is 105 Å². The Kier molecular flexibility index (Phi) is 5.59. The van der Waals surface area contributed by atoms with Gasteiger partial charge >= 0.3 is 0 Å². The van der Waals surface area contributed by atoms with Gasteiger partial charge in [0.1, 0.15) is 0 Å². The fraction of sp³-hybridized carbons (Fsp3) is 0.444. The van der Waals surface area contributed by atoms with Crippen molar-refractivity contribution in [1.82, 2.24) is 4.98 Å². The van der Waals surface area contributed by atoms with Crippen molar-refractivity contribution in [2.24, 2.45) is 0 Å². The van der Waals surface area contributed by atoms with E-state index >= 15 is 0 Å². The number of rotatable bonds is 2. The molecule has 69 valence electrons. The smallest absolute Gasteiger partial charge is 0.0766 e. The van der Waals surface area contributed by atoms with E-state index < -0.39 is 7.14 Å². The van der Waals surface area contributed by atoms with E-state index in [0.717, 1.165) is 11.4 Å². The van der Waals surface area contributed by atoms with Gasteiger partial charge in [0, 0.05) is 32.7 Å². The van der Waals surface area contributed by atoms with Crippen molar-refractivity contribution in [1.29, 1.82) is 0 Å². The Balaban J connectivity index is 0.00000144. The molecule has 13 heavy (non-hydrogen) atoms. The maximum Gasteiger partial charge on any atom is 0.0766 e. The Morgan fingerprint density at radius 3 is 2.54 bits per heavy atom. The maximum atomic E-state index is 11.4. The molecule has 0 aliphatic carbocycles. The maximum absolute atomic E-state index is 11.4. The Morgan fingerprint density at radius 1 is 1.46 bits per heavy atom. The minimum absolute atomic E-state index is 0. The van der Waals surface area contributed by atoms with Gasteiger partial charge in [-0.15, -0.1) is 0 Å². The van der Waals surface area contributed by atoms with E-state index in [2.05, 4.69) is 11.1 Å². The number of aryl methyl sites for hydroxylation is 1. The minimum atomic E-state index is -1.99. The van der Waals surface area contributed by atoms with Crippen LogP contribution in [0.4, 0.5) is 0 Å². The monoisotopic (exact) mass is 271 g/mol. The summed E-state index contributed by atoms with van der Waals surface area (Å²) in [7, 11) is -1.99. The molecule has 1 heterocycles. The molecule has 0 saturated carbocycles. The summed E-state index contributed by atoms with van der Waals surface area (Å²) >= 11 is 0. The molecule has 0 unspecified atom stereocenters. The molecular weight excluding hydrogens is 258 g/mol. The van der Waals surface area contributed by atoms with Crippen LogP contribution in [0.1, 0.15) is 11.4 Å². The molecule has 0 aliphatic heterocycles. The number of hydrogen-bond acceptors (Lipinski definition) is 2. The first-order valence-corrected chi connectivity index (χ1v) is 6.64. The number of pyridine rings is 1. The third kappa shape index (κ3) is 5.72. The summed E-state index contributed by atoms with van der Waals surface area (Å²) in [6.07, 6.45) is 0.575. The van der Waals surface area contributed by atoms with Crippen LogP contribution in [0, 0.1) is 13.0 Å². The molecule has 0 aromatic carbocycles. The predicted molar refractivity (Wildman–Crippen MR) is 51.0 cm³/mol. The summed E-state index contributed by atoms with van der Waals surface area (Å²) in [4.78, 5) is 4.26. The van der Waals surface area contributed by atoms with Gasteiger partial charge in [-0.05, 0) is 19.5 Å². The molecule has 0 atom stereocenters. The molecule has 1 aromatic rings. The zero-order chi connectivity index (χ0) is 9.19. The van der Waals surface area contributed by atoms with Gasteiger partial charge in [0.2, 0.25) is 0 Å². The first-order chi connectivity index (χ1) is 5.47. The van der Waals surface area contributed by atoms with Gasteiger partial charge < -0.3 is 9.55 Å². The minimum Gasteiger partial charge on any atom is -0.384 e. The first-order valence-electron chi connectivity index (χ1n) is 3.85.